The summed E-state index contributed by atoms with van der Waals surface area (Å²) < 4.78 is 13.4. The van der Waals surface area contributed by atoms with Crippen LogP contribution in [0.15, 0.2) is 66.8 Å². The summed E-state index contributed by atoms with van der Waals surface area (Å²) in [5, 5.41) is 0. The van der Waals surface area contributed by atoms with Gasteiger partial charge in [0.1, 0.15) is 0 Å². The number of ketones is 1. The number of fused-ring (bicyclic) bond motifs is 1. The van der Waals surface area contributed by atoms with Crippen LogP contribution in [0.5, 0.6) is 11.5 Å². The van der Waals surface area contributed by atoms with Crippen molar-refractivity contribution in [1.82, 2.24) is 9.55 Å². The number of allylic oxidation sites excluding steroid dienone is 1. The fourth-order valence-electron chi connectivity index (χ4n) is 3.41. The van der Waals surface area contributed by atoms with Crippen LogP contribution in [0.25, 0.3) is 6.08 Å². The number of imidazole rings is 1. The van der Waals surface area contributed by atoms with E-state index in [9.17, 15) is 4.79 Å². The van der Waals surface area contributed by atoms with Crippen molar-refractivity contribution in [2.24, 2.45) is 0 Å². The zero-order chi connectivity index (χ0) is 19.3. The normalized spacial score (nSPS) is 14.3. The van der Waals surface area contributed by atoms with Crippen molar-refractivity contribution in [2.45, 2.75) is 19.4 Å². The van der Waals surface area contributed by atoms with Gasteiger partial charge in [-0.3, -0.25) is 4.79 Å². The maximum absolute atomic E-state index is 12.6. The van der Waals surface area contributed by atoms with Crippen LogP contribution in [0.3, 0.4) is 0 Å². The second kappa shape index (κ2) is 8.13. The molecule has 0 spiro atoms. The lowest BCUT2D eigenvalue weighted by atomic mass is 10.1. The number of carbonyl (C=O) groups excluding carboxylic acids is 1. The van der Waals surface area contributed by atoms with Gasteiger partial charge in [0, 0.05) is 36.5 Å². The Labute approximate surface area is 164 Å². The topological polar surface area (TPSA) is 53.4 Å². The maximum Gasteiger partial charge on any atom is 0.189 e. The molecule has 28 heavy (non-hydrogen) atoms. The average Bonchev–Trinajstić information content (AvgIpc) is 3.35. The fourth-order valence-corrected chi connectivity index (χ4v) is 3.41. The summed E-state index contributed by atoms with van der Waals surface area (Å²) in [5.74, 6) is 1.48. The first kappa shape index (κ1) is 18.0. The van der Waals surface area contributed by atoms with Crippen LogP contribution in [-0.4, -0.2) is 29.1 Å². The highest BCUT2D eigenvalue weighted by molar-refractivity contribution is 6.15. The van der Waals surface area contributed by atoms with Crippen LogP contribution >= 0.6 is 0 Å². The zero-order valence-corrected chi connectivity index (χ0v) is 15.8. The molecule has 1 aliphatic carbocycles. The first-order valence-electron chi connectivity index (χ1n) is 9.34. The molecule has 5 heteroatoms. The Morgan fingerprint density at radius 3 is 2.86 bits per heavy atom. The summed E-state index contributed by atoms with van der Waals surface area (Å²) in [6.45, 7) is 1.44. The highest BCUT2D eigenvalue weighted by Crippen LogP contribution is 2.31. The number of ether oxygens (including phenoxy) is 2. The molecule has 0 bridgehead atoms. The minimum atomic E-state index is 0.106. The van der Waals surface area contributed by atoms with E-state index in [4.69, 9.17) is 9.47 Å². The van der Waals surface area contributed by atoms with Gasteiger partial charge in [0.15, 0.2) is 17.3 Å². The van der Waals surface area contributed by atoms with Gasteiger partial charge in [-0.25, -0.2) is 4.98 Å². The molecule has 0 atom stereocenters. The van der Waals surface area contributed by atoms with Crippen LogP contribution < -0.4 is 9.47 Å². The van der Waals surface area contributed by atoms with Gasteiger partial charge in [0.2, 0.25) is 0 Å². The molecule has 1 heterocycles. The quantitative estimate of drug-likeness (QED) is 0.460. The third kappa shape index (κ3) is 3.83. The summed E-state index contributed by atoms with van der Waals surface area (Å²) in [5.41, 5.74) is 3.62. The molecule has 0 saturated heterocycles. The van der Waals surface area contributed by atoms with Gasteiger partial charge < -0.3 is 14.0 Å². The number of hydrogen-bond donors (Lipinski definition) is 0. The summed E-state index contributed by atoms with van der Waals surface area (Å²) in [7, 11) is 1.63. The van der Waals surface area contributed by atoms with Gasteiger partial charge in [0.25, 0.3) is 0 Å². The van der Waals surface area contributed by atoms with Crippen LogP contribution in [0.4, 0.5) is 0 Å². The standard InChI is InChI=1S/C23H22N2O3/c1-27-22-14-17(13-19-15-18-5-2-3-6-20(18)23(19)26)7-8-21(22)28-12-4-10-25-11-9-24-16-25/h2-3,5-9,11,13-14,16H,4,10,12,15H2,1H3. The fraction of sp³-hybridized carbons (Fsp3) is 0.217. The van der Waals surface area contributed by atoms with Crippen molar-refractivity contribution < 1.29 is 14.3 Å². The van der Waals surface area contributed by atoms with Crippen LogP contribution in [0, 0.1) is 0 Å². The lowest BCUT2D eigenvalue weighted by molar-refractivity contribution is 0.104. The second-order valence-corrected chi connectivity index (χ2v) is 6.75. The van der Waals surface area contributed by atoms with Crippen molar-refractivity contribution in [3.63, 3.8) is 0 Å². The second-order valence-electron chi connectivity index (χ2n) is 6.75. The third-order valence-electron chi connectivity index (χ3n) is 4.84. The molecule has 0 N–H and O–H groups in total. The Hall–Kier alpha value is -3.34. The summed E-state index contributed by atoms with van der Waals surface area (Å²) in [4.78, 5) is 16.6. The maximum atomic E-state index is 12.6. The molecule has 0 radical (unpaired) electrons. The summed E-state index contributed by atoms with van der Waals surface area (Å²) >= 11 is 0. The molecule has 5 nitrogen and oxygen atoms in total. The molecular weight excluding hydrogens is 352 g/mol. The molecule has 0 saturated carbocycles. The Balaban J connectivity index is 1.43. The predicted octanol–water partition coefficient (Wildman–Crippen LogP) is 4.18. The molecule has 0 fully saturated rings. The highest BCUT2D eigenvalue weighted by Gasteiger charge is 2.24. The molecule has 0 amide bonds. The van der Waals surface area contributed by atoms with Gasteiger partial charge in [-0.15, -0.1) is 0 Å². The SMILES string of the molecule is COc1cc(C=C2Cc3ccccc3C2=O)ccc1OCCCn1ccnc1. The molecular formula is C23H22N2O3. The van der Waals surface area contributed by atoms with E-state index < -0.39 is 0 Å². The Morgan fingerprint density at radius 1 is 1.18 bits per heavy atom. The first-order valence-corrected chi connectivity index (χ1v) is 9.34. The lowest BCUT2D eigenvalue weighted by Gasteiger charge is -2.11. The highest BCUT2D eigenvalue weighted by atomic mass is 16.5. The molecule has 142 valence electrons. The van der Waals surface area contributed by atoms with Gasteiger partial charge >= 0.3 is 0 Å². The lowest BCUT2D eigenvalue weighted by Crippen LogP contribution is -2.04. The largest absolute Gasteiger partial charge is 0.493 e. The third-order valence-corrected chi connectivity index (χ3v) is 4.84. The molecule has 2 aromatic carbocycles. The Bertz CT molecular complexity index is 1010. The predicted molar refractivity (Wildman–Crippen MR) is 108 cm³/mol. The smallest absolute Gasteiger partial charge is 0.189 e. The number of Topliss-reactive ketones (excluding diaryl/α,β-unsaturated/α-hetero) is 1. The molecule has 4 rings (SSSR count). The minimum Gasteiger partial charge on any atom is -0.493 e. The van der Waals surface area contributed by atoms with Gasteiger partial charge in [-0.2, -0.15) is 0 Å². The minimum absolute atomic E-state index is 0.106. The zero-order valence-electron chi connectivity index (χ0n) is 15.8. The van der Waals surface area contributed by atoms with Gasteiger partial charge in [0.05, 0.1) is 20.0 Å². The number of benzene rings is 2. The number of nitrogens with zero attached hydrogens (tertiary/aromatic N) is 2. The van der Waals surface area contributed by atoms with E-state index in [0.717, 1.165) is 35.2 Å². The van der Waals surface area contributed by atoms with Crippen LogP contribution in [0.1, 0.15) is 27.9 Å². The summed E-state index contributed by atoms with van der Waals surface area (Å²) in [6.07, 6.45) is 8.98. The van der Waals surface area contributed by atoms with Crippen molar-refractivity contribution in [3.05, 3.63) is 83.4 Å². The van der Waals surface area contributed by atoms with E-state index in [1.165, 1.54) is 0 Å². The molecule has 0 unspecified atom stereocenters. The van der Waals surface area contributed by atoms with E-state index in [0.29, 0.717) is 24.5 Å². The number of rotatable bonds is 7. The van der Waals surface area contributed by atoms with E-state index in [2.05, 4.69) is 4.98 Å². The van der Waals surface area contributed by atoms with Crippen molar-refractivity contribution in [3.8, 4) is 11.5 Å². The molecule has 0 aliphatic heterocycles. The Kier molecular flexibility index (Phi) is 5.24. The number of carbonyl (C=O) groups is 1. The van der Waals surface area contributed by atoms with Crippen LogP contribution in [0.2, 0.25) is 0 Å². The van der Waals surface area contributed by atoms with Gasteiger partial charge in [-0.05, 0) is 35.8 Å². The Morgan fingerprint density at radius 2 is 2.07 bits per heavy atom. The van der Waals surface area contributed by atoms with Crippen molar-refractivity contribution in [2.75, 3.05) is 13.7 Å². The van der Waals surface area contributed by atoms with Gasteiger partial charge in [-0.1, -0.05) is 30.3 Å². The van der Waals surface area contributed by atoms with E-state index in [1.54, 1.807) is 19.6 Å². The van der Waals surface area contributed by atoms with E-state index >= 15 is 0 Å². The number of aromatic nitrogens is 2. The molecule has 3 aromatic rings. The van der Waals surface area contributed by atoms with Crippen LogP contribution in [-0.2, 0) is 13.0 Å². The average molecular weight is 374 g/mol. The number of methoxy groups -OCH3 is 1. The number of hydrogen-bond acceptors (Lipinski definition) is 4. The summed E-state index contributed by atoms with van der Waals surface area (Å²) in [6, 6.07) is 13.5. The van der Waals surface area contributed by atoms with Crippen molar-refractivity contribution in [1.29, 1.82) is 0 Å². The van der Waals surface area contributed by atoms with E-state index in [1.807, 2.05) is 59.3 Å². The van der Waals surface area contributed by atoms with E-state index in [-0.39, 0.29) is 5.78 Å². The molecule has 1 aliphatic rings. The van der Waals surface area contributed by atoms with Crippen molar-refractivity contribution >= 4 is 11.9 Å². The number of aryl methyl sites for hydroxylation is 1. The first-order chi connectivity index (χ1) is 13.7. The monoisotopic (exact) mass is 374 g/mol. The molecule has 1 aromatic heterocycles.